The average molecular weight is 289 g/mol. The zero-order valence-electron chi connectivity index (χ0n) is 12.8. The molecule has 0 saturated carbocycles. The molecule has 5 nitrogen and oxygen atoms in total. The number of nitrogens with one attached hydrogen (secondary N) is 2. The third-order valence-corrected chi connectivity index (χ3v) is 2.82. The van der Waals surface area contributed by atoms with Crippen molar-refractivity contribution in [1.29, 1.82) is 5.26 Å². The minimum Gasteiger partial charge on any atom is -0.374 e. The van der Waals surface area contributed by atoms with Crippen LogP contribution in [0.5, 0.6) is 0 Å². The van der Waals surface area contributed by atoms with Crippen molar-refractivity contribution in [3.8, 4) is 6.07 Å². The first kappa shape index (κ1) is 17.0. The molecule has 21 heavy (non-hydrogen) atoms. The predicted molar refractivity (Wildman–Crippen MR) is 81.5 cm³/mol. The lowest BCUT2D eigenvalue weighted by molar-refractivity contribution is 0.0744. The number of urea groups is 1. The van der Waals surface area contributed by atoms with Crippen molar-refractivity contribution in [2.45, 2.75) is 32.9 Å². The van der Waals surface area contributed by atoms with E-state index in [2.05, 4.69) is 16.7 Å². The summed E-state index contributed by atoms with van der Waals surface area (Å²) in [5.41, 5.74) is 0.620. The first-order chi connectivity index (χ1) is 9.93. The van der Waals surface area contributed by atoms with Crippen molar-refractivity contribution in [3.05, 3.63) is 35.9 Å². The third-order valence-electron chi connectivity index (χ3n) is 2.82. The molecule has 2 N–H and O–H groups in total. The lowest BCUT2D eigenvalue weighted by atomic mass is 10.1. The van der Waals surface area contributed by atoms with Gasteiger partial charge in [0, 0.05) is 6.54 Å². The van der Waals surface area contributed by atoms with Crippen LogP contribution in [0.2, 0.25) is 0 Å². The molecule has 0 heterocycles. The maximum Gasteiger partial charge on any atom is 0.315 e. The van der Waals surface area contributed by atoms with E-state index in [0.29, 0.717) is 19.8 Å². The molecule has 1 aromatic carbocycles. The van der Waals surface area contributed by atoms with Gasteiger partial charge in [-0.2, -0.15) is 5.26 Å². The molecule has 1 rings (SSSR count). The van der Waals surface area contributed by atoms with E-state index in [9.17, 15) is 4.79 Å². The molecule has 0 aliphatic carbocycles. The van der Waals surface area contributed by atoms with Crippen LogP contribution in [0, 0.1) is 17.2 Å². The number of amides is 2. The summed E-state index contributed by atoms with van der Waals surface area (Å²) in [6.45, 7) is 6.80. The van der Waals surface area contributed by atoms with E-state index in [1.807, 2.05) is 44.2 Å². The van der Waals surface area contributed by atoms with Gasteiger partial charge in [-0.15, -0.1) is 0 Å². The minimum atomic E-state index is -0.477. The molecule has 0 aliphatic heterocycles. The van der Waals surface area contributed by atoms with Gasteiger partial charge in [-0.05, 0) is 26.3 Å². The number of nitriles is 1. The molecule has 0 fully saturated rings. The molecule has 0 aromatic heterocycles. The van der Waals surface area contributed by atoms with Gasteiger partial charge in [0.15, 0.2) is 0 Å². The van der Waals surface area contributed by atoms with Crippen LogP contribution < -0.4 is 10.6 Å². The Kier molecular flexibility index (Phi) is 6.70. The van der Waals surface area contributed by atoms with Crippen molar-refractivity contribution >= 4 is 6.03 Å². The maximum atomic E-state index is 11.7. The Morgan fingerprint density at radius 1 is 1.38 bits per heavy atom. The number of carbonyl (C=O) groups is 1. The molecular formula is C16H23N3O2. The number of carbonyl (C=O) groups excluding carboxylic acids is 1. The summed E-state index contributed by atoms with van der Waals surface area (Å²) >= 11 is 0. The molecule has 5 heteroatoms. The van der Waals surface area contributed by atoms with Gasteiger partial charge in [-0.25, -0.2) is 4.79 Å². The highest BCUT2D eigenvalue weighted by molar-refractivity contribution is 5.74. The first-order valence-corrected chi connectivity index (χ1v) is 7.00. The molecule has 1 atom stereocenters. The molecule has 0 bridgehead atoms. The second-order valence-electron chi connectivity index (χ2n) is 5.73. The zero-order chi connectivity index (χ0) is 15.7. The van der Waals surface area contributed by atoms with Crippen LogP contribution in [0.3, 0.4) is 0 Å². The van der Waals surface area contributed by atoms with Crippen LogP contribution in [0.25, 0.3) is 0 Å². The van der Waals surface area contributed by atoms with E-state index in [0.717, 1.165) is 5.56 Å². The summed E-state index contributed by atoms with van der Waals surface area (Å²) in [5, 5.41) is 14.2. The van der Waals surface area contributed by atoms with Crippen molar-refractivity contribution in [3.63, 3.8) is 0 Å². The van der Waals surface area contributed by atoms with Crippen molar-refractivity contribution in [2.24, 2.45) is 5.92 Å². The molecule has 0 radical (unpaired) electrons. The average Bonchev–Trinajstić information content (AvgIpc) is 2.45. The highest BCUT2D eigenvalue weighted by Crippen LogP contribution is 2.06. The fourth-order valence-electron chi connectivity index (χ4n) is 1.68. The second kappa shape index (κ2) is 8.28. The Labute approximate surface area is 126 Å². The van der Waals surface area contributed by atoms with Crippen LogP contribution in [0.1, 0.15) is 26.3 Å². The Bertz CT molecular complexity index is 480. The first-order valence-electron chi connectivity index (χ1n) is 7.00. The molecule has 0 spiro atoms. The number of nitrogens with zero attached hydrogens (tertiary/aromatic N) is 1. The van der Waals surface area contributed by atoms with Crippen molar-refractivity contribution in [2.75, 3.05) is 13.2 Å². The molecule has 0 unspecified atom stereocenters. The molecule has 0 saturated heterocycles. The summed E-state index contributed by atoms with van der Waals surface area (Å²) < 4.78 is 5.64. The van der Waals surface area contributed by atoms with Gasteiger partial charge in [0.2, 0.25) is 0 Å². The summed E-state index contributed by atoms with van der Waals surface area (Å²) in [6, 6.07) is 11.7. The van der Waals surface area contributed by atoms with E-state index >= 15 is 0 Å². The van der Waals surface area contributed by atoms with E-state index in [4.69, 9.17) is 10.00 Å². The van der Waals surface area contributed by atoms with Crippen LogP contribution in [-0.2, 0) is 11.3 Å². The predicted octanol–water partition coefficient (Wildman–Crippen LogP) is 2.44. The third kappa shape index (κ3) is 7.33. The molecule has 0 aliphatic rings. The largest absolute Gasteiger partial charge is 0.374 e. The Hall–Kier alpha value is -2.06. The van der Waals surface area contributed by atoms with E-state index < -0.39 is 5.54 Å². The standard InChI is InChI=1S/C16H23N3O2/c1-13(9-17)10-18-15(20)19-16(2,3)12-21-11-14-7-5-4-6-8-14/h4-8,13H,10-12H2,1-3H3,(H2,18,19,20)/t13-/m1/s1. The summed E-state index contributed by atoms with van der Waals surface area (Å²) in [6.07, 6.45) is 0. The summed E-state index contributed by atoms with van der Waals surface area (Å²) in [4.78, 5) is 11.7. The van der Waals surface area contributed by atoms with Gasteiger partial charge in [-0.1, -0.05) is 30.3 Å². The number of benzene rings is 1. The minimum absolute atomic E-state index is 0.201. The van der Waals surface area contributed by atoms with Gasteiger partial charge in [0.25, 0.3) is 0 Å². The van der Waals surface area contributed by atoms with Crippen LogP contribution in [0.4, 0.5) is 4.79 Å². The van der Waals surface area contributed by atoms with Crippen LogP contribution in [0.15, 0.2) is 30.3 Å². The lowest BCUT2D eigenvalue weighted by Gasteiger charge is -2.26. The Morgan fingerprint density at radius 2 is 2.05 bits per heavy atom. The molecule has 1 aromatic rings. The molecular weight excluding hydrogens is 266 g/mol. The number of hydrogen-bond acceptors (Lipinski definition) is 3. The molecule has 114 valence electrons. The lowest BCUT2D eigenvalue weighted by Crippen LogP contribution is -2.51. The summed E-state index contributed by atoms with van der Waals surface area (Å²) in [7, 11) is 0. The van der Waals surface area contributed by atoms with Crippen LogP contribution >= 0.6 is 0 Å². The van der Waals surface area contributed by atoms with E-state index in [1.165, 1.54) is 0 Å². The van der Waals surface area contributed by atoms with Crippen LogP contribution in [-0.4, -0.2) is 24.7 Å². The zero-order valence-corrected chi connectivity index (χ0v) is 12.8. The van der Waals surface area contributed by atoms with E-state index in [-0.39, 0.29) is 11.9 Å². The smallest absolute Gasteiger partial charge is 0.315 e. The Balaban J connectivity index is 2.29. The quantitative estimate of drug-likeness (QED) is 0.809. The summed E-state index contributed by atoms with van der Waals surface area (Å²) in [5.74, 6) is -0.201. The monoisotopic (exact) mass is 289 g/mol. The fourth-order valence-corrected chi connectivity index (χ4v) is 1.68. The number of rotatable bonds is 7. The Morgan fingerprint density at radius 3 is 2.67 bits per heavy atom. The highest BCUT2D eigenvalue weighted by Gasteiger charge is 2.20. The normalized spacial score (nSPS) is 12.3. The topological polar surface area (TPSA) is 74.2 Å². The fraction of sp³-hybridized carbons (Fsp3) is 0.500. The SMILES string of the molecule is C[C@H](C#N)CNC(=O)NC(C)(C)COCc1ccccc1. The number of hydrogen-bond donors (Lipinski definition) is 2. The van der Waals surface area contributed by atoms with Gasteiger partial charge in [0.05, 0.1) is 30.7 Å². The highest BCUT2D eigenvalue weighted by atomic mass is 16.5. The van der Waals surface area contributed by atoms with Crippen molar-refractivity contribution in [1.82, 2.24) is 10.6 Å². The van der Waals surface area contributed by atoms with Gasteiger partial charge >= 0.3 is 6.03 Å². The molecule has 2 amide bonds. The van der Waals surface area contributed by atoms with E-state index in [1.54, 1.807) is 6.92 Å². The van der Waals surface area contributed by atoms with Gasteiger partial charge < -0.3 is 15.4 Å². The van der Waals surface area contributed by atoms with Crippen molar-refractivity contribution < 1.29 is 9.53 Å². The number of ether oxygens (including phenoxy) is 1. The maximum absolute atomic E-state index is 11.7. The van der Waals surface area contributed by atoms with Gasteiger partial charge in [0.1, 0.15) is 0 Å². The second-order valence-corrected chi connectivity index (χ2v) is 5.73. The van der Waals surface area contributed by atoms with Gasteiger partial charge in [-0.3, -0.25) is 0 Å².